The number of nitrogens with one attached hydrogen (secondary N) is 2. The van der Waals surface area contributed by atoms with Gasteiger partial charge in [-0.15, -0.1) is 35.5 Å². The van der Waals surface area contributed by atoms with Gasteiger partial charge >= 0.3 is 0 Å². The fourth-order valence-electron chi connectivity index (χ4n) is 4.53. The number of rotatable bonds is 9. The van der Waals surface area contributed by atoms with Crippen molar-refractivity contribution in [1.29, 1.82) is 0 Å². The third kappa shape index (κ3) is 7.65. The van der Waals surface area contributed by atoms with E-state index in [0.717, 1.165) is 0 Å². The van der Waals surface area contributed by atoms with Crippen LogP contribution in [0.15, 0.2) is 114 Å². The number of thiol groups is 2. The highest BCUT2D eigenvalue weighted by Gasteiger charge is 2.17. The van der Waals surface area contributed by atoms with E-state index >= 15 is 0 Å². The van der Waals surface area contributed by atoms with Gasteiger partial charge in [0.2, 0.25) is 5.91 Å². The van der Waals surface area contributed by atoms with Crippen LogP contribution in [0, 0.1) is 6.92 Å². The molecule has 0 spiro atoms. The molecule has 0 bridgehead atoms. The molecule has 5 aromatic carbocycles. The summed E-state index contributed by atoms with van der Waals surface area (Å²) in [6.45, 7) is 3.16. The van der Waals surface area contributed by atoms with Crippen molar-refractivity contribution in [3.63, 3.8) is 0 Å². The predicted octanol–water partition coefficient (Wildman–Crippen LogP) is 8.74. The lowest BCUT2D eigenvalue weighted by Gasteiger charge is -2.13. The predicted molar refractivity (Wildman–Crippen MR) is 186 cm³/mol. The van der Waals surface area contributed by atoms with Crippen LogP contribution in [0.4, 0.5) is 34.1 Å². The molecule has 240 valence electrons. The monoisotopic (exact) mass is 688 g/mol. The van der Waals surface area contributed by atoms with E-state index in [2.05, 4.69) is 55.8 Å². The van der Waals surface area contributed by atoms with Crippen molar-refractivity contribution in [3.8, 4) is 17.2 Å². The molecule has 12 nitrogen and oxygen atoms in total. The number of benzene rings is 5. The number of carbonyl (C=O) groups excluding carboxylic acids is 1. The van der Waals surface area contributed by atoms with Crippen molar-refractivity contribution >= 4 is 86.1 Å². The maximum Gasteiger partial charge on any atom is 0.261 e. The second-order valence-corrected chi connectivity index (χ2v) is 12.9. The molecule has 0 aliphatic carbocycles. The number of anilines is 2. The molecule has 0 saturated heterocycles. The molecule has 0 fully saturated rings. The lowest BCUT2D eigenvalue weighted by Crippen LogP contribution is -2.12. The van der Waals surface area contributed by atoms with Gasteiger partial charge < -0.3 is 20.3 Å². The number of fused-ring (bicyclic) bond motifs is 1. The Morgan fingerprint density at radius 2 is 1.53 bits per heavy atom. The zero-order chi connectivity index (χ0) is 33.9. The van der Waals surface area contributed by atoms with Crippen molar-refractivity contribution in [3.05, 3.63) is 84.4 Å². The number of carbonyl (C=O) groups is 1. The van der Waals surface area contributed by atoms with Crippen molar-refractivity contribution in [2.45, 2.75) is 28.5 Å². The van der Waals surface area contributed by atoms with E-state index in [9.17, 15) is 23.4 Å². The largest absolute Gasteiger partial charge is 0.508 e. The normalized spacial score (nSPS) is 11.8. The Balaban J connectivity index is 1.39. The number of amides is 1. The summed E-state index contributed by atoms with van der Waals surface area (Å²) >= 11 is 8.88. The van der Waals surface area contributed by atoms with Gasteiger partial charge in [0.15, 0.2) is 5.75 Å². The van der Waals surface area contributed by atoms with E-state index in [1.165, 1.54) is 62.6 Å². The third-order valence-electron chi connectivity index (χ3n) is 6.76. The average molecular weight is 689 g/mol. The fraction of sp³-hybridized carbons (Fsp3) is 0.0938. The second-order valence-electron chi connectivity index (χ2n) is 10.2. The Bertz CT molecular complexity index is 2170. The highest BCUT2D eigenvalue weighted by molar-refractivity contribution is 7.92. The smallest absolute Gasteiger partial charge is 0.261 e. The lowest BCUT2D eigenvalue weighted by atomic mass is 10.1. The Hall–Kier alpha value is -5.12. The number of aryl methyl sites for hydroxylation is 1. The van der Waals surface area contributed by atoms with Crippen LogP contribution in [0.25, 0.3) is 10.8 Å². The van der Waals surface area contributed by atoms with Crippen molar-refractivity contribution < 1.29 is 28.2 Å². The van der Waals surface area contributed by atoms with Crippen molar-refractivity contribution in [1.82, 2.24) is 0 Å². The fourth-order valence-corrected chi connectivity index (χ4v) is 6.15. The van der Waals surface area contributed by atoms with E-state index < -0.39 is 10.0 Å². The van der Waals surface area contributed by atoms with Gasteiger partial charge in [-0.3, -0.25) is 9.52 Å². The maximum absolute atomic E-state index is 12.7. The first-order valence-corrected chi connectivity index (χ1v) is 16.2. The highest BCUT2D eigenvalue weighted by Crippen LogP contribution is 2.45. The van der Waals surface area contributed by atoms with Gasteiger partial charge in [-0.1, -0.05) is 0 Å². The minimum absolute atomic E-state index is 0.0233. The molecular formula is C32H28N6O6S3. The van der Waals surface area contributed by atoms with Crippen LogP contribution in [0.2, 0.25) is 0 Å². The van der Waals surface area contributed by atoms with Gasteiger partial charge in [-0.2, -0.15) is 10.2 Å². The summed E-state index contributed by atoms with van der Waals surface area (Å²) in [7, 11) is -2.40. The number of ether oxygens (including phenoxy) is 1. The van der Waals surface area contributed by atoms with E-state index in [-0.39, 0.29) is 28.0 Å². The van der Waals surface area contributed by atoms with Gasteiger partial charge in [0.05, 0.1) is 29.1 Å². The van der Waals surface area contributed by atoms with Gasteiger partial charge in [0.25, 0.3) is 10.0 Å². The van der Waals surface area contributed by atoms with Gasteiger partial charge in [0.1, 0.15) is 22.9 Å². The minimum atomic E-state index is -3.86. The molecule has 5 rings (SSSR count). The molecule has 5 aromatic rings. The van der Waals surface area contributed by atoms with Crippen LogP contribution in [-0.2, 0) is 14.8 Å². The van der Waals surface area contributed by atoms with Crippen LogP contribution in [0.5, 0.6) is 17.2 Å². The van der Waals surface area contributed by atoms with Crippen LogP contribution in [0.1, 0.15) is 12.5 Å². The first kappa shape index (κ1) is 33.2. The summed E-state index contributed by atoms with van der Waals surface area (Å²) in [4.78, 5) is 12.7. The number of sulfonamides is 1. The number of phenols is 2. The summed E-state index contributed by atoms with van der Waals surface area (Å²) in [5.41, 5.74) is 2.68. The molecule has 0 saturated carbocycles. The molecule has 0 aliphatic heterocycles. The van der Waals surface area contributed by atoms with Gasteiger partial charge in [-0.05, 0) is 90.7 Å². The zero-order valence-electron chi connectivity index (χ0n) is 25.1. The number of nitrogens with zero attached hydrogens (tertiary/aromatic N) is 4. The second kappa shape index (κ2) is 13.7. The van der Waals surface area contributed by atoms with E-state index in [4.69, 9.17) is 4.74 Å². The molecule has 47 heavy (non-hydrogen) atoms. The first-order valence-electron chi connectivity index (χ1n) is 13.8. The molecule has 0 heterocycles. The standard InChI is InChI=1S/C32H28N6O6S3/c1-17-12-26(36-37-31-29(46)14-19-13-23(45)15-27(33-18(2)39)30(19)32(31)41)28(44-3)16-25(17)35-34-20-6-10-24(11-7-20)47(42,43)38-21-4-8-22(40)9-5-21/h4-16,38,40-41,45-46H,1-3H3,(H,33,39)/b35-34+,37-36+. The first-order chi connectivity index (χ1) is 22.3. The number of hydrogen-bond acceptors (Lipinski definition) is 12. The number of hydrogen-bond donors (Lipinski definition) is 6. The number of phenolic OH excluding ortho intramolecular Hbond substituents is 2. The lowest BCUT2D eigenvalue weighted by molar-refractivity contribution is -0.114. The maximum atomic E-state index is 12.7. The van der Waals surface area contributed by atoms with Crippen LogP contribution >= 0.6 is 25.3 Å². The van der Waals surface area contributed by atoms with Gasteiger partial charge in [0, 0.05) is 33.9 Å². The Kier molecular flexibility index (Phi) is 9.69. The summed E-state index contributed by atoms with van der Waals surface area (Å²) in [6.07, 6.45) is 0. The summed E-state index contributed by atoms with van der Waals surface area (Å²) in [5, 5.41) is 41.4. The number of aromatic hydroxyl groups is 2. The molecule has 4 N–H and O–H groups in total. The van der Waals surface area contributed by atoms with E-state index in [0.29, 0.717) is 60.3 Å². The summed E-state index contributed by atoms with van der Waals surface area (Å²) in [5.74, 6) is -0.182. The Morgan fingerprint density at radius 3 is 2.19 bits per heavy atom. The summed E-state index contributed by atoms with van der Waals surface area (Å²) in [6, 6.07) is 19.9. The molecule has 15 heteroatoms. The SMILES string of the molecule is COc1cc(/N=N/c2ccc(S(=O)(=O)Nc3ccc(O)cc3)cc2)c(C)cc1/N=N/c1c(S)cc2cc(S)cc(NC(C)=O)c2c1O. The minimum Gasteiger partial charge on any atom is -0.508 e. The van der Waals surface area contributed by atoms with Crippen molar-refractivity contribution in [2.24, 2.45) is 20.5 Å². The highest BCUT2D eigenvalue weighted by atomic mass is 32.2. The average Bonchev–Trinajstić information content (AvgIpc) is 3.01. The number of methoxy groups -OCH3 is 1. The Morgan fingerprint density at radius 1 is 0.851 bits per heavy atom. The van der Waals surface area contributed by atoms with Crippen LogP contribution in [0.3, 0.4) is 0 Å². The molecule has 0 unspecified atom stereocenters. The quantitative estimate of drug-likeness (QED) is 0.0513. The molecular weight excluding hydrogens is 661 g/mol. The topological polar surface area (TPSA) is 174 Å². The van der Waals surface area contributed by atoms with Gasteiger partial charge in [-0.25, -0.2) is 8.42 Å². The van der Waals surface area contributed by atoms with E-state index in [1.54, 1.807) is 37.3 Å². The summed E-state index contributed by atoms with van der Waals surface area (Å²) < 4.78 is 33.4. The third-order valence-corrected chi connectivity index (χ3v) is 8.75. The molecule has 0 radical (unpaired) electrons. The van der Waals surface area contributed by atoms with Crippen molar-refractivity contribution in [2.75, 3.05) is 17.1 Å². The molecule has 1 amide bonds. The molecule has 0 aromatic heterocycles. The van der Waals surface area contributed by atoms with Crippen LogP contribution in [-0.4, -0.2) is 31.6 Å². The molecule has 0 aliphatic rings. The number of azo groups is 2. The van der Waals surface area contributed by atoms with Crippen LogP contribution < -0.4 is 14.8 Å². The molecule has 0 atom stereocenters. The Labute approximate surface area is 281 Å². The van der Waals surface area contributed by atoms with E-state index in [1.807, 2.05) is 0 Å². The zero-order valence-corrected chi connectivity index (χ0v) is 27.7.